The van der Waals surface area contributed by atoms with Crippen LogP contribution >= 0.6 is 0 Å². The third-order valence-electron chi connectivity index (χ3n) is 6.65. The van der Waals surface area contributed by atoms with E-state index >= 15 is 0 Å². The van der Waals surface area contributed by atoms with E-state index in [-0.39, 0.29) is 0 Å². The van der Waals surface area contributed by atoms with Crippen molar-refractivity contribution >= 4 is 14.1 Å². The minimum atomic E-state index is -1.64. The summed E-state index contributed by atoms with van der Waals surface area (Å²) >= 11 is 0. The highest BCUT2D eigenvalue weighted by Crippen LogP contribution is 2.39. The quantitative estimate of drug-likeness (QED) is 0.391. The summed E-state index contributed by atoms with van der Waals surface area (Å²) in [5, 5.41) is 0.304. The fourth-order valence-electron chi connectivity index (χ4n) is 4.02. The smallest absolute Gasteiger partial charge is 0.192 e. The molecule has 0 radical (unpaired) electrons. The van der Waals surface area contributed by atoms with Crippen LogP contribution in [0.4, 0.5) is 0 Å². The van der Waals surface area contributed by atoms with E-state index < -0.39 is 8.32 Å². The van der Waals surface area contributed by atoms with Crippen LogP contribution in [0.5, 0.6) is 0 Å². The Morgan fingerprint density at radius 3 is 1.68 bits per heavy atom. The number of hydrogen-bond donors (Lipinski definition) is 0. The Balaban J connectivity index is 1.91. The molecule has 25 heavy (non-hydrogen) atoms. The predicted molar refractivity (Wildman–Crippen MR) is 110 cm³/mol. The van der Waals surface area contributed by atoms with Gasteiger partial charge in [0.25, 0.3) is 0 Å². The maximum Gasteiger partial charge on any atom is 0.192 e. The molecule has 2 aliphatic rings. The molecule has 0 spiro atoms. The van der Waals surface area contributed by atoms with Crippen molar-refractivity contribution in [2.45, 2.75) is 122 Å². The second kappa shape index (κ2) is 8.99. The topological polar surface area (TPSA) is 26.3 Å². The van der Waals surface area contributed by atoms with Gasteiger partial charge < -0.3 is 4.43 Å². The molecule has 0 aromatic heterocycles. The van der Waals surface area contributed by atoms with Gasteiger partial charge in [0.1, 0.15) is 5.78 Å². The van der Waals surface area contributed by atoms with Crippen LogP contribution in [-0.2, 0) is 9.22 Å². The van der Waals surface area contributed by atoms with Crippen LogP contribution in [-0.4, -0.2) is 20.2 Å². The molecule has 3 heteroatoms. The Hall–Kier alpha value is -0.413. The number of ketones is 1. The number of carbonyl (C=O) groups excluding carboxylic acids is 1. The molecule has 0 bridgehead atoms. The van der Waals surface area contributed by atoms with Gasteiger partial charge in [-0.05, 0) is 82.3 Å². The van der Waals surface area contributed by atoms with E-state index in [1.165, 1.54) is 51.4 Å². The SMILES string of the molecule is CC(C)(C)[Si](C)(C)OC1CCCC(=C2CCCC(=O)CCC2)CCC1. The van der Waals surface area contributed by atoms with Crippen LogP contribution in [0.2, 0.25) is 18.1 Å². The average molecular weight is 365 g/mol. The zero-order valence-corrected chi connectivity index (χ0v) is 18.4. The van der Waals surface area contributed by atoms with Crippen LogP contribution in [0.15, 0.2) is 11.1 Å². The van der Waals surface area contributed by atoms with Gasteiger partial charge >= 0.3 is 0 Å². The average Bonchev–Trinajstić information content (AvgIpc) is 2.44. The standard InChI is InChI=1S/C22H40O2Si/c1-22(2,3)25(4,5)24-21-16-8-12-19(13-9-17-21)18-10-6-14-20(23)15-7-11-18/h21H,6-17H2,1-5H3. The van der Waals surface area contributed by atoms with E-state index in [4.69, 9.17) is 4.43 Å². The molecule has 0 aromatic carbocycles. The summed E-state index contributed by atoms with van der Waals surface area (Å²) < 4.78 is 6.69. The normalized spacial score (nSPS) is 25.2. The molecule has 0 atom stereocenters. The summed E-state index contributed by atoms with van der Waals surface area (Å²) in [4.78, 5) is 11.6. The van der Waals surface area contributed by atoms with Crippen molar-refractivity contribution in [1.29, 1.82) is 0 Å². The van der Waals surface area contributed by atoms with E-state index in [1.807, 2.05) is 0 Å². The first kappa shape index (κ1) is 20.9. The second-order valence-corrected chi connectivity index (χ2v) is 14.5. The van der Waals surface area contributed by atoms with Crippen LogP contribution in [0.3, 0.4) is 0 Å². The van der Waals surface area contributed by atoms with Crippen molar-refractivity contribution in [1.82, 2.24) is 0 Å². The predicted octanol–water partition coefficient (Wildman–Crippen LogP) is 6.95. The van der Waals surface area contributed by atoms with Gasteiger partial charge in [0, 0.05) is 18.9 Å². The molecule has 0 aliphatic heterocycles. The van der Waals surface area contributed by atoms with Crippen molar-refractivity contribution in [2.75, 3.05) is 0 Å². The second-order valence-electron chi connectivity index (χ2n) is 9.74. The molecule has 0 aromatic rings. The van der Waals surface area contributed by atoms with E-state index in [0.717, 1.165) is 25.7 Å². The maximum atomic E-state index is 11.6. The zero-order chi connectivity index (χ0) is 18.5. The molecule has 2 rings (SSSR count). The lowest BCUT2D eigenvalue weighted by atomic mass is 9.86. The molecule has 0 N–H and O–H groups in total. The number of carbonyl (C=O) groups is 1. The lowest BCUT2D eigenvalue weighted by Gasteiger charge is -2.40. The fourth-order valence-corrected chi connectivity index (χ4v) is 5.44. The fraction of sp³-hybridized carbons (Fsp3) is 0.864. The Morgan fingerprint density at radius 1 is 0.800 bits per heavy atom. The molecule has 0 unspecified atom stereocenters. The van der Waals surface area contributed by atoms with Crippen molar-refractivity contribution in [3.8, 4) is 0 Å². The van der Waals surface area contributed by atoms with Gasteiger partial charge in [0.05, 0.1) is 0 Å². The minimum Gasteiger partial charge on any atom is -0.414 e. The molecule has 2 saturated carbocycles. The van der Waals surface area contributed by atoms with Gasteiger partial charge in [-0.1, -0.05) is 31.9 Å². The Morgan fingerprint density at radius 2 is 1.24 bits per heavy atom. The summed E-state index contributed by atoms with van der Waals surface area (Å²) in [6.45, 7) is 11.8. The van der Waals surface area contributed by atoms with Crippen molar-refractivity contribution in [2.24, 2.45) is 0 Å². The summed E-state index contributed by atoms with van der Waals surface area (Å²) in [7, 11) is -1.64. The van der Waals surface area contributed by atoms with Crippen molar-refractivity contribution in [3.05, 3.63) is 11.1 Å². The highest BCUT2D eigenvalue weighted by molar-refractivity contribution is 6.74. The van der Waals surface area contributed by atoms with Crippen LogP contribution < -0.4 is 0 Å². The van der Waals surface area contributed by atoms with E-state index in [9.17, 15) is 4.79 Å². The summed E-state index contributed by atoms with van der Waals surface area (Å²) in [5.74, 6) is 0.479. The molecule has 2 aliphatic carbocycles. The van der Waals surface area contributed by atoms with E-state index in [1.54, 1.807) is 11.1 Å². The van der Waals surface area contributed by atoms with Gasteiger partial charge in [-0.15, -0.1) is 0 Å². The minimum absolute atomic E-state index is 0.304. The highest BCUT2D eigenvalue weighted by atomic mass is 28.4. The largest absolute Gasteiger partial charge is 0.414 e. The molecule has 0 heterocycles. The Labute approximate surface area is 156 Å². The Kier molecular flexibility index (Phi) is 7.51. The molecule has 2 nitrogen and oxygen atoms in total. The molecule has 0 amide bonds. The number of allylic oxidation sites excluding steroid dienone is 2. The van der Waals surface area contributed by atoms with Crippen LogP contribution in [0, 0.1) is 0 Å². The summed E-state index contributed by atoms with van der Waals surface area (Å²) in [5.41, 5.74) is 3.44. The van der Waals surface area contributed by atoms with Crippen LogP contribution in [0.25, 0.3) is 0 Å². The lowest BCUT2D eigenvalue weighted by molar-refractivity contribution is -0.119. The summed E-state index contributed by atoms with van der Waals surface area (Å²) in [6.07, 6.45) is 14.1. The van der Waals surface area contributed by atoms with Gasteiger partial charge in [0.2, 0.25) is 0 Å². The molecule has 144 valence electrons. The molecule has 0 saturated heterocycles. The molecular formula is C22H40O2Si. The summed E-state index contributed by atoms with van der Waals surface area (Å²) in [6, 6.07) is 0. The van der Waals surface area contributed by atoms with Crippen molar-refractivity contribution in [3.63, 3.8) is 0 Å². The van der Waals surface area contributed by atoms with Gasteiger partial charge in [0.15, 0.2) is 8.32 Å². The first-order chi connectivity index (χ1) is 11.7. The third kappa shape index (κ3) is 6.36. The number of hydrogen-bond acceptors (Lipinski definition) is 2. The highest BCUT2D eigenvalue weighted by Gasteiger charge is 2.39. The van der Waals surface area contributed by atoms with E-state index in [0.29, 0.717) is 16.9 Å². The Bertz CT molecular complexity index is 459. The first-order valence-corrected chi connectivity index (χ1v) is 13.5. The number of rotatable bonds is 2. The number of Topliss-reactive ketones (excluding diaryl/α,β-unsaturated/α-hetero) is 1. The zero-order valence-electron chi connectivity index (χ0n) is 17.4. The van der Waals surface area contributed by atoms with Gasteiger partial charge in [-0.25, -0.2) is 0 Å². The monoisotopic (exact) mass is 364 g/mol. The van der Waals surface area contributed by atoms with E-state index in [2.05, 4.69) is 33.9 Å². The maximum absolute atomic E-state index is 11.6. The molecule has 2 fully saturated rings. The van der Waals surface area contributed by atoms with Crippen LogP contribution in [0.1, 0.15) is 97.8 Å². The molecular weight excluding hydrogens is 324 g/mol. The van der Waals surface area contributed by atoms with Crippen molar-refractivity contribution < 1.29 is 9.22 Å². The third-order valence-corrected chi connectivity index (χ3v) is 11.2. The van der Waals surface area contributed by atoms with Gasteiger partial charge in [-0.2, -0.15) is 0 Å². The first-order valence-electron chi connectivity index (χ1n) is 10.6. The lowest BCUT2D eigenvalue weighted by Crippen LogP contribution is -2.44. The van der Waals surface area contributed by atoms with Gasteiger partial charge in [-0.3, -0.25) is 4.79 Å².